The number of alkyl carbamates (subject to hydrolysis) is 1. The Bertz CT molecular complexity index is 617. The van der Waals surface area contributed by atoms with E-state index >= 15 is 0 Å². The third-order valence-electron chi connectivity index (χ3n) is 4.73. The summed E-state index contributed by atoms with van der Waals surface area (Å²) in [7, 11) is 0. The number of nitrogens with one attached hydrogen (secondary N) is 3. The van der Waals surface area contributed by atoms with Gasteiger partial charge in [-0.2, -0.15) is 0 Å². The van der Waals surface area contributed by atoms with Crippen LogP contribution in [0.3, 0.4) is 0 Å². The van der Waals surface area contributed by atoms with Crippen LogP contribution in [0, 0.1) is 0 Å². The molecule has 6 nitrogen and oxygen atoms in total. The molecule has 1 fully saturated rings. The Morgan fingerprint density at radius 3 is 2.32 bits per heavy atom. The van der Waals surface area contributed by atoms with Crippen molar-refractivity contribution in [3.05, 3.63) is 35.4 Å². The first-order chi connectivity index (χ1) is 13.3. The Hall–Kier alpha value is -2.08. The molecule has 0 heterocycles. The number of carbonyl (C=O) groups is 2. The Morgan fingerprint density at radius 2 is 1.68 bits per heavy atom. The molecule has 0 bridgehead atoms. The number of benzene rings is 1. The molecule has 1 aromatic carbocycles. The highest BCUT2D eigenvalue weighted by Crippen LogP contribution is 2.17. The highest BCUT2D eigenvalue weighted by atomic mass is 16.6. The maximum Gasteiger partial charge on any atom is 0.407 e. The second kappa shape index (κ2) is 11.1. The topological polar surface area (TPSA) is 79.5 Å². The monoisotopic (exact) mass is 389 g/mol. The van der Waals surface area contributed by atoms with Gasteiger partial charge in [-0.05, 0) is 64.3 Å². The Morgan fingerprint density at radius 1 is 1.00 bits per heavy atom. The molecule has 0 spiro atoms. The third-order valence-corrected chi connectivity index (χ3v) is 4.73. The molecule has 156 valence electrons. The molecule has 1 aromatic rings. The highest BCUT2D eigenvalue weighted by molar-refractivity contribution is 5.94. The molecule has 3 N–H and O–H groups in total. The lowest BCUT2D eigenvalue weighted by atomic mass is 9.95. The molecule has 0 unspecified atom stereocenters. The molecule has 0 aliphatic heterocycles. The van der Waals surface area contributed by atoms with E-state index in [-0.39, 0.29) is 5.91 Å². The highest BCUT2D eigenvalue weighted by Gasteiger charge is 2.16. The summed E-state index contributed by atoms with van der Waals surface area (Å²) in [5.74, 6) is -0.0654. The largest absolute Gasteiger partial charge is 0.444 e. The molecule has 28 heavy (non-hydrogen) atoms. The molecule has 1 saturated carbocycles. The summed E-state index contributed by atoms with van der Waals surface area (Å²) in [6, 6.07) is 7.91. The first kappa shape index (κ1) is 22.2. The minimum Gasteiger partial charge on any atom is -0.444 e. The summed E-state index contributed by atoms with van der Waals surface area (Å²) in [4.78, 5) is 23.9. The van der Waals surface area contributed by atoms with Gasteiger partial charge in [0.15, 0.2) is 0 Å². The first-order valence-corrected chi connectivity index (χ1v) is 10.4. The van der Waals surface area contributed by atoms with Crippen molar-refractivity contribution in [2.75, 3.05) is 13.1 Å². The minimum atomic E-state index is -0.516. The van der Waals surface area contributed by atoms with Gasteiger partial charge in [0.05, 0.1) is 0 Å². The van der Waals surface area contributed by atoms with Crippen LogP contribution in [-0.2, 0) is 11.3 Å². The van der Waals surface area contributed by atoms with Gasteiger partial charge in [-0.3, -0.25) is 4.79 Å². The van der Waals surface area contributed by atoms with Gasteiger partial charge in [-0.1, -0.05) is 31.4 Å². The second-order valence-corrected chi connectivity index (χ2v) is 8.45. The number of rotatable bonds is 8. The van der Waals surface area contributed by atoms with Crippen molar-refractivity contribution in [3.63, 3.8) is 0 Å². The van der Waals surface area contributed by atoms with Crippen LogP contribution in [-0.4, -0.2) is 36.7 Å². The molecule has 6 heteroatoms. The summed E-state index contributed by atoms with van der Waals surface area (Å²) in [5, 5.41) is 9.26. The van der Waals surface area contributed by atoms with E-state index in [1.165, 1.54) is 32.1 Å². The summed E-state index contributed by atoms with van der Waals surface area (Å²) < 4.78 is 5.20. The molecule has 1 aliphatic carbocycles. The van der Waals surface area contributed by atoms with Crippen molar-refractivity contribution in [3.8, 4) is 0 Å². The van der Waals surface area contributed by atoms with Crippen molar-refractivity contribution in [1.29, 1.82) is 0 Å². The van der Waals surface area contributed by atoms with E-state index in [4.69, 9.17) is 4.74 Å². The van der Waals surface area contributed by atoms with Crippen LogP contribution in [0.1, 0.15) is 75.2 Å². The van der Waals surface area contributed by atoms with E-state index in [1.54, 1.807) is 12.1 Å². The maximum atomic E-state index is 12.2. The Kier molecular flexibility index (Phi) is 8.77. The van der Waals surface area contributed by atoms with Crippen molar-refractivity contribution < 1.29 is 14.3 Å². The van der Waals surface area contributed by atoms with E-state index in [9.17, 15) is 9.59 Å². The number of hydrogen-bond acceptors (Lipinski definition) is 4. The predicted molar refractivity (Wildman–Crippen MR) is 111 cm³/mol. The van der Waals surface area contributed by atoms with Crippen LogP contribution < -0.4 is 16.0 Å². The van der Waals surface area contributed by atoms with Crippen molar-refractivity contribution in [2.24, 2.45) is 0 Å². The van der Waals surface area contributed by atoms with E-state index in [0.717, 1.165) is 18.5 Å². The molecule has 1 aliphatic rings. The van der Waals surface area contributed by atoms with Crippen LogP contribution in [0.15, 0.2) is 24.3 Å². The summed E-state index contributed by atoms with van der Waals surface area (Å²) in [6.07, 6.45) is 7.07. The SMILES string of the molecule is CC(C)(C)OC(=O)NCc1ccc(C(=O)NCCCNC2CCCCC2)cc1. The Balaban J connectivity index is 1.63. The quantitative estimate of drug-likeness (QED) is 0.592. The van der Waals surface area contributed by atoms with E-state index < -0.39 is 11.7 Å². The molecule has 2 rings (SSSR count). The number of hydrogen-bond donors (Lipinski definition) is 3. The van der Waals surface area contributed by atoms with Gasteiger partial charge < -0.3 is 20.7 Å². The molecule has 0 radical (unpaired) electrons. The molecular weight excluding hydrogens is 354 g/mol. The fraction of sp³-hybridized carbons (Fsp3) is 0.636. The van der Waals surface area contributed by atoms with Gasteiger partial charge in [0.2, 0.25) is 0 Å². The standard InChI is InChI=1S/C22H35N3O3/c1-22(2,3)28-21(27)25-16-17-10-12-18(13-11-17)20(26)24-15-7-14-23-19-8-5-4-6-9-19/h10-13,19,23H,4-9,14-16H2,1-3H3,(H,24,26)(H,25,27). The molecular formula is C22H35N3O3. The van der Waals surface area contributed by atoms with Crippen LogP contribution in [0.25, 0.3) is 0 Å². The number of amides is 2. The molecule has 0 aromatic heterocycles. The lowest BCUT2D eigenvalue weighted by Crippen LogP contribution is -2.34. The zero-order valence-electron chi connectivity index (χ0n) is 17.5. The fourth-order valence-electron chi connectivity index (χ4n) is 3.27. The zero-order chi connectivity index (χ0) is 20.4. The lowest BCUT2D eigenvalue weighted by Gasteiger charge is -2.22. The smallest absolute Gasteiger partial charge is 0.407 e. The predicted octanol–water partition coefficient (Wildman–Crippen LogP) is 3.75. The van der Waals surface area contributed by atoms with Crippen LogP contribution >= 0.6 is 0 Å². The van der Waals surface area contributed by atoms with Crippen LogP contribution in [0.5, 0.6) is 0 Å². The van der Waals surface area contributed by atoms with Gasteiger partial charge in [-0.25, -0.2) is 4.79 Å². The van der Waals surface area contributed by atoms with Crippen molar-refractivity contribution >= 4 is 12.0 Å². The van der Waals surface area contributed by atoms with Gasteiger partial charge in [0.25, 0.3) is 5.91 Å². The van der Waals surface area contributed by atoms with Gasteiger partial charge in [-0.15, -0.1) is 0 Å². The van der Waals surface area contributed by atoms with Crippen LogP contribution in [0.2, 0.25) is 0 Å². The van der Waals surface area contributed by atoms with Crippen LogP contribution in [0.4, 0.5) is 4.79 Å². The Labute approximate surface area is 168 Å². The average molecular weight is 390 g/mol. The average Bonchev–Trinajstić information content (AvgIpc) is 2.66. The summed E-state index contributed by atoms with van der Waals surface area (Å²) in [6.45, 7) is 7.45. The van der Waals surface area contributed by atoms with Gasteiger partial charge >= 0.3 is 6.09 Å². The van der Waals surface area contributed by atoms with Gasteiger partial charge in [0, 0.05) is 24.7 Å². The van der Waals surface area contributed by atoms with E-state index in [0.29, 0.717) is 24.7 Å². The van der Waals surface area contributed by atoms with E-state index in [2.05, 4.69) is 16.0 Å². The normalized spacial score (nSPS) is 15.1. The first-order valence-electron chi connectivity index (χ1n) is 10.4. The summed E-state index contributed by atoms with van der Waals surface area (Å²) in [5.41, 5.74) is 1.03. The third kappa shape index (κ3) is 8.74. The lowest BCUT2D eigenvalue weighted by molar-refractivity contribution is 0.0523. The molecule has 0 atom stereocenters. The molecule has 0 saturated heterocycles. The number of ether oxygens (including phenoxy) is 1. The summed E-state index contributed by atoms with van der Waals surface area (Å²) >= 11 is 0. The zero-order valence-corrected chi connectivity index (χ0v) is 17.5. The second-order valence-electron chi connectivity index (χ2n) is 8.45. The fourth-order valence-corrected chi connectivity index (χ4v) is 3.27. The minimum absolute atomic E-state index is 0.0654. The van der Waals surface area contributed by atoms with Gasteiger partial charge in [0.1, 0.15) is 5.60 Å². The van der Waals surface area contributed by atoms with Crippen molar-refractivity contribution in [2.45, 2.75) is 77.5 Å². The molecule has 2 amide bonds. The number of carbonyl (C=O) groups excluding carboxylic acids is 2. The maximum absolute atomic E-state index is 12.2. The van der Waals surface area contributed by atoms with E-state index in [1.807, 2.05) is 32.9 Å². The van der Waals surface area contributed by atoms with Crippen molar-refractivity contribution in [1.82, 2.24) is 16.0 Å².